The van der Waals surface area contributed by atoms with Crippen LogP contribution in [-0.2, 0) is 26.5 Å². The van der Waals surface area contributed by atoms with Crippen molar-refractivity contribution in [3.8, 4) is 0 Å². The Morgan fingerprint density at radius 1 is 0.938 bits per heavy atom. The molecule has 1 heterocycles. The molecule has 0 saturated carbocycles. The summed E-state index contributed by atoms with van der Waals surface area (Å²) in [6.07, 6.45) is 1.34. The molecule has 0 amide bonds. The van der Waals surface area contributed by atoms with Crippen molar-refractivity contribution < 1.29 is 16.8 Å². The number of sulfonamides is 2. The van der Waals surface area contributed by atoms with Gasteiger partial charge >= 0.3 is 0 Å². The van der Waals surface area contributed by atoms with E-state index in [1.807, 2.05) is 43.3 Å². The van der Waals surface area contributed by atoms with Crippen LogP contribution in [0.1, 0.15) is 23.1 Å². The minimum absolute atomic E-state index is 0.0588. The minimum atomic E-state index is -3.82. The first kappa shape index (κ1) is 24.9. The van der Waals surface area contributed by atoms with Crippen LogP contribution in [0.4, 0.5) is 0 Å². The van der Waals surface area contributed by atoms with E-state index in [0.29, 0.717) is 38.2 Å². The summed E-state index contributed by atoms with van der Waals surface area (Å²) < 4.78 is 55.6. The first-order chi connectivity index (χ1) is 15.2. The number of hydrogen-bond acceptors (Lipinski definition) is 5. The average Bonchev–Trinajstić information content (AvgIpc) is 2.78. The molecule has 1 saturated heterocycles. The fourth-order valence-corrected chi connectivity index (χ4v) is 7.20. The Balaban J connectivity index is 1.79. The summed E-state index contributed by atoms with van der Waals surface area (Å²) >= 11 is 0. The van der Waals surface area contributed by atoms with Gasteiger partial charge in [0.05, 0.1) is 10.6 Å². The van der Waals surface area contributed by atoms with Gasteiger partial charge in [-0.1, -0.05) is 42.5 Å². The van der Waals surface area contributed by atoms with Crippen molar-refractivity contribution in [2.45, 2.75) is 31.6 Å². The predicted octanol–water partition coefficient (Wildman–Crippen LogP) is 2.16. The van der Waals surface area contributed by atoms with Crippen LogP contribution in [0.3, 0.4) is 0 Å². The van der Waals surface area contributed by atoms with Gasteiger partial charge in [-0.15, -0.1) is 0 Å². The second kappa shape index (κ2) is 10.9. The molecular weight excluding hydrogens is 446 g/mol. The first-order valence-corrected chi connectivity index (χ1v) is 14.0. The van der Waals surface area contributed by atoms with Crippen molar-refractivity contribution >= 4 is 20.0 Å². The number of nitrogens with zero attached hydrogens (tertiary/aromatic N) is 2. The molecule has 1 aliphatic heterocycles. The summed E-state index contributed by atoms with van der Waals surface area (Å²) in [5.74, 6) is -0.220. The van der Waals surface area contributed by atoms with Crippen LogP contribution in [0.2, 0.25) is 0 Å². The van der Waals surface area contributed by atoms with Crippen LogP contribution in [0, 0.1) is 13.8 Å². The summed E-state index contributed by atoms with van der Waals surface area (Å²) in [6, 6.07) is 15.2. The summed E-state index contributed by atoms with van der Waals surface area (Å²) in [4.78, 5) is 0.247. The molecule has 0 radical (unpaired) electrons. The number of nitrogens with one attached hydrogen (secondary N) is 1. The lowest BCUT2D eigenvalue weighted by atomic mass is 10.1. The molecule has 1 aliphatic rings. The standard InChI is InChI=1S/C23H33N3O4S2/c1-20-10-11-21(2)23(19-20)32(29,30)26(14-6-9-22-7-4-3-5-8-22)17-18-31(27,28)25-15-12-24-13-16-25/h3-5,7-8,10-11,19,24H,6,9,12-18H2,1-2H3. The molecule has 1 N–H and O–H groups in total. The maximum atomic E-state index is 13.5. The summed E-state index contributed by atoms with van der Waals surface area (Å²) in [7, 11) is -7.35. The van der Waals surface area contributed by atoms with Gasteiger partial charge in [-0.2, -0.15) is 8.61 Å². The maximum absolute atomic E-state index is 13.5. The monoisotopic (exact) mass is 479 g/mol. The van der Waals surface area contributed by atoms with Gasteiger partial charge in [0.15, 0.2) is 0 Å². The first-order valence-electron chi connectivity index (χ1n) is 11.0. The summed E-state index contributed by atoms with van der Waals surface area (Å²) in [5.41, 5.74) is 2.64. The van der Waals surface area contributed by atoms with Crippen molar-refractivity contribution in [3.05, 3.63) is 65.2 Å². The molecule has 0 bridgehead atoms. The fraction of sp³-hybridized carbons (Fsp3) is 0.478. The van der Waals surface area contributed by atoms with Gasteiger partial charge in [-0.05, 0) is 49.4 Å². The van der Waals surface area contributed by atoms with E-state index in [-0.39, 0.29) is 23.7 Å². The number of aryl methyl sites for hydroxylation is 3. The van der Waals surface area contributed by atoms with E-state index in [9.17, 15) is 16.8 Å². The van der Waals surface area contributed by atoms with Crippen LogP contribution < -0.4 is 5.32 Å². The van der Waals surface area contributed by atoms with Gasteiger partial charge in [0, 0.05) is 39.3 Å². The van der Waals surface area contributed by atoms with Gasteiger partial charge in [0.1, 0.15) is 0 Å². The third kappa shape index (κ3) is 6.39. The molecule has 0 spiro atoms. The maximum Gasteiger partial charge on any atom is 0.243 e. The number of benzene rings is 2. The highest BCUT2D eigenvalue weighted by atomic mass is 32.2. The van der Waals surface area contributed by atoms with Gasteiger partial charge < -0.3 is 5.32 Å². The van der Waals surface area contributed by atoms with E-state index >= 15 is 0 Å². The molecule has 3 rings (SSSR count). The molecule has 1 fully saturated rings. The van der Waals surface area contributed by atoms with Crippen molar-refractivity contribution in [1.29, 1.82) is 0 Å². The minimum Gasteiger partial charge on any atom is -0.314 e. The molecule has 2 aromatic carbocycles. The van der Waals surface area contributed by atoms with E-state index in [4.69, 9.17) is 0 Å². The van der Waals surface area contributed by atoms with E-state index < -0.39 is 20.0 Å². The molecule has 0 atom stereocenters. The molecule has 2 aromatic rings. The van der Waals surface area contributed by atoms with Crippen molar-refractivity contribution in [3.63, 3.8) is 0 Å². The number of piperazine rings is 1. The largest absolute Gasteiger partial charge is 0.314 e. The van der Waals surface area contributed by atoms with Crippen molar-refractivity contribution in [2.75, 3.05) is 45.0 Å². The molecule has 0 unspecified atom stereocenters. The Morgan fingerprint density at radius 2 is 1.62 bits per heavy atom. The van der Waals surface area contributed by atoms with Crippen LogP contribution in [0.15, 0.2) is 53.4 Å². The highest BCUT2D eigenvalue weighted by Gasteiger charge is 2.30. The van der Waals surface area contributed by atoms with E-state index in [2.05, 4.69) is 5.32 Å². The second-order valence-electron chi connectivity index (χ2n) is 8.23. The Morgan fingerprint density at radius 3 is 2.31 bits per heavy atom. The van der Waals surface area contributed by atoms with Crippen LogP contribution in [0.25, 0.3) is 0 Å². The van der Waals surface area contributed by atoms with Crippen molar-refractivity contribution in [1.82, 2.24) is 13.9 Å². The zero-order valence-corrected chi connectivity index (χ0v) is 20.5. The Bertz CT molecular complexity index is 1100. The highest BCUT2D eigenvalue weighted by molar-refractivity contribution is 7.90. The quantitative estimate of drug-likeness (QED) is 0.564. The summed E-state index contributed by atoms with van der Waals surface area (Å²) in [5, 5.41) is 3.14. The van der Waals surface area contributed by atoms with Crippen LogP contribution >= 0.6 is 0 Å². The van der Waals surface area contributed by atoms with Gasteiger partial charge in [-0.3, -0.25) is 0 Å². The Hall–Kier alpha value is -1.78. The SMILES string of the molecule is Cc1ccc(C)c(S(=O)(=O)N(CCCc2ccccc2)CCS(=O)(=O)N2CCNCC2)c1. The third-order valence-electron chi connectivity index (χ3n) is 5.75. The lowest BCUT2D eigenvalue weighted by Crippen LogP contribution is -2.48. The molecule has 176 valence electrons. The summed E-state index contributed by atoms with van der Waals surface area (Å²) in [6.45, 7) is 5.89. The van der Waals surface area contributed by atoms with E-state index in [0.717, 1.165) is 17.5 Å². The van der Waals surface area contributed by atoms with Crippen LogP contribution in [-0.4, -0.2) is 70.5 Å². The topological polar surface area (TPSA) is 86.8 Å². The zero-order chi connectivity index (χ0) is 23.2. The fourth-order valence-electron chi connectivity index (χ4n) is 3.85. The van der Waals surface area contributed by atoms with E-state index in [1.54, 1.807) is 19.1 Å². The predicted molar refractivity (Wildman–Crippen MR) is 128 cm³/mol. The zero-order valence-electron chi connectivity index (χ0n) is 18.8. The van der Waals surface area contributed by atoms with E-state index in [1.165, 1.54) is 8.61 Å². The molecular formula is C23H33N3O4S2. The van der Waals surface area contributed by atoms with Crippen LogP contribution in [0.5, 0.6) is 0 Å². The highest BCUT2D eigenvalue weighted by Crippen LogP contribution is 2.22. The Kier molecular flexibility index (Phi) is 8.46. The molecule has 9 heteroatoms. The average molecular weight is 480 g/mol. The smallest absolute Gasteiger partial charge is 0.243 e. The van der Waals surface area contributed by atoms with Gasteiger partial charge in [-0.25, -0.2) is 16.8 Å². The molecule has 32 heavy (non-hydrogen) atoms. The third-order valence-corrected chi connectivity index (χ3v) is 9.64. The number of hydrogen-bond donors (Lipinski definition) is 1. The number of rotatable bonds is 10. The Labute approximate surface area is 192 Å². The normalized spacial score (nSPS) is 15.8. The van der Waals surface area contributed by atoms with Crippen molar-refractivity contribution in [2.24, 2.45) is 0 Å². The molecule has 7 nitrogen and oxygen atoms in total. The van der Waals surface area contributed by atoms with Gasteiger partial charge in [0.25, 0.3) is 0 Å². The second-order valence-corrected chi connectivity index (χ2v) is 12.2. The molecule has 0 aliphatic carbocycles. The lowest BCUT2D eigenvalue weighted by Gasteiger charge is -2.28. The van der Waals surface area contributed by atoms with Gasteiger partial charge in [0.2, 0.25) is 20.0 Å². The lowest BCUT2D eigenvalue weighted by molar-refractivity contribution is 0.355. The molecule has 0 aromatic heterocycles.